The molecular weight excluding hydrogens is 995 g/mol. The lowest BCUT2D eigenvalue weighted by molar-refractivity contribution is -0.155. The number of amides is 4. The highest BCUT2D eigenvalue weighted by atomic mass is 32.1. The summed E-state index contributed by atoms with van der Waals surface area (Å²) in [6.07, 6.45) is 10.4. The van der Waals surface area contributed by atoms with Crippen LogP contribution in [-0.4, -0.2) is 167 Å². The van der Waals surface area contributed by atoms with Gasteiger partial charge in [-0.15, -0.1) is 11.3 Å². The predicted molar refractivity (Wildman–Crippen MR) is 293 cm³/mol. The maximum atomic E-state index is 15.2. The lowest BCUT2D eigenvalue weighted by Crippen LogP contribution is -2.62. The summed E-state index contributed by atoms with van der Waals surface area (Å²) in [7, 11) is 5.98. The van der Waals surface area contributed by atoms with Crippen LogP contribution in [0.3, 0.4) is 0 Å². The number of piperazine rings is 1. The number of likely N-dealkylation sites (tertiary alicyclic amines) is 2. The van der Waals surface area contributed by atoms with E-state index in [1.807, 2.05) is 23.4 Å². The molecular formula is C58H77N11O7S. The number of methoxy groups -OCH3 is 1. The first kappa shape index (κ1) is 52.2. The Morgan fingerprint density at radius 2 is 1.73 bits per heavy atom. The van der Waals surface area contributed by atoms with E-state index in [2.05, 4.69) is 82.6 Å². The van der Waals surface area contributed by atoms with Crippen molar-refractivity contribution in [2.24, 2.45) is 29.7 Å². The highest BCUT2D eigenvalue weighted by Gasteiger charge is 2.58. The molecule has 3 N–H and O–H groups in total. The number of benzene rings is 1. The maximum Gasteiger partial charge on any atom is 0.324 e. The number of ether oxygens (including phenoxy) is 2. The van der Waals surface area contributed by atoms with Crippen molar-refractivity contribution >= 4 is 57.5 Å². The molecule has 2 aliphatic carbocycles. The second-order valence-electron chi connectivity index (χ2n) is 24.6. The van der Waals surface area contributed by atoms with Gasteiger partial charge in [0.25, 0.3) is 5.91 Å². The molecule has 12 rings (SSSR count). The zero-order chi connectivity index (χ0) is 53.5. The van der Waals surface area contributed by atoms with E-state index in [1.54, 1.807) is 12.0 Å². The molecule has 1 spiro atoms. The molecule has 4 aromatic rings. The van der Waals surface area contributed by atoms with Crippen LogP contribution in [0.4, 0.5) is 5.69 Å². The first-order chi connectivity index (χ1) is 37.1. The minimum absolute atomic E-state index is 0.0587. The Balaban J connectivity index is 0.872. The van der Waals surface area contributed by atoms with Gasteiger partial charge in [0.2, 0.25) is 17.7 Å². The quantitative estimate of drug-likeness (QED) is 0.138. The summed E-state index contributed by atoms with van der Waals surface area (Å²) in [6, 6.07) is 6.25. The van der Waals surface area contributed by atoms with Crippen molar-refractivity contribution in [1.29, 1.82) is 0 Å². The minimum Gasteiger partial charge on any atom is -0.464 e. The molecule has 8 aliphatic rings. The van der Waals surface area contributed by atoms with Gasteiger partial charge >= 0.3 is 5.97 Å². The van der Waals surface area contributed by atoms with Crippen LogP contribution < -0.4 is 21.0 Å². The van der Waals surface area contributed by atoms with Gasteiger partial charge in [0.1, 0.15) is 24.2 Å². The van der Waals surface area contributed by atoms with Crippen LogP contribution in [0.5, 0.6) is 0 Å². The Hall–Kier alpha value is -5.47. The van der Waals surface area contributed by atoms with Crippen LogP contribution in [0.15, 0.2) is 35.8 Å². The number of thiazole rings is 1. The Bertz CT molecular complexity index is 2960. The molecule has 7 atom stereocenters. The molecule has 4 amide bonds. The summed E-state index contributed by atoms with van der Waals surface area (Å²) >= 11 is 1.45. The smallest absolute Gasteiger partial charge is 0.324 e. The number of carbonyl (C=O) groups excluding carboxylic acids is 5. The first-order valence-electron chi connectivity index (χ1n) is 28.5. The maximum absolute atomic E-state index is 15.2. The molecule has 7 fully saturated rings. The molecule has 0 radical (unpaired) electrons. The lowest BCUT2D eigenvalue weighted by Gasteiger charge is -2.37. The second-order valence-corrected chi connectivity index (χ2v) is 25.5. The van der Waals surface area contributed by atoms with E-state index in [-0.39, 0.29) is 60.8 Å². The third-order valence-corrected chi connectivity index (χ3v) is 19.5. The Morgan fingerprint density at radius 1 is 0.948 bits per heavy atom. The Labute approximate surface area is 455 Å². The number of fused-ring (bicyclic) bond motifs is 6. The van der Waals surface area contributed by atoms with Crippen LogP contribution in [0.1, 0.15) is 107 Å². The fourth-order valence-electron chi connectivity index (χ4n) is 13.8. The number of hydrazine groups is 1. The number of likely N-dealkylation sites (N-methyl/N-ethyl adjacent to an activating group) is 1. The molecule has 6 aliphatic heterocycles. The van der Waals surface area contributed by atoms with Gasteiger partial charge in [-0.3, -0.25) is 39.3 Å². The first-order valence-corrected chi connectivity index (χ1v) is 29.4. The normalized spacial score (nSPS) is 28.1. The zero-order valence-corrected chi connectivity index (χ0v) is 46.6. The van der Waals surface area contributed by atoms with Gasteiger partial charge in [0.05, 0.1) is 52.1 Å². The fraction of sp³-hybridized carbons (Fsp3) is 0.638. The highest BCUT2D eigenvalue weighted by Crippen LogP contribution is 2.47. The average molecular weight is 1070 g/mol. The van der Waals surface area contributed by atoms with Crippen LogP contribution in [0.2, 0.25) is 0 Å². The third kappa shape index (κ3) is 10.1. The van der Waals surface area contributed by atoms with Crippen molar-refractivity contribution in [3.05, 3.63) is 52.1 Å². The summed E-state index contributed by atoms with van der Waals surface area (Å²) in [5.41, 5.74) is 9.73. The van der Waals surface area contributed by atoms with Crippen molar-refractivity contribution in [3.63, 3.8) is 0 Å². The lowest BCUT2D eigenvalue weighted by atomic mass is 9.84. The number of cyclic esters (lactones) is 1. The molecule has 0 unspecified atom stereocenters. The van der Waals surface area contributed by atoms with E-state index in [0.29, 0.717) is 69.2 Å². The van der Waals surface area contributed by atoms with E-state index in [0.717, 1.165) is 102 Å². The number of nitrogens with one attached hydrogen (secondary N) is 3. The summed E-state index contributed by atoms with van der Waals surface area (Å²) in [5.74, 6) is -0.594. The monoisotopic (exact) mass is 1070 g/mol. The molecule has 2 saturated carbocycles. The standard InChI is InChI=1S/C58H77N11O7S/c1-34(75-6)47-40(27-38(30-59-47)66-24-22-64(4)23-25-66)51-41-29-57(2,3)33-76-55(73)42-12-9-19-69(63-42)53(71)43(28-46-60-44(31-77-46)37-15-16-45(65(51)5)39(41)26-37)61-52(70)50(36-10-7-8-11-36)68-21-18-58(56(68)74)17-20-67(32-58)54(72)49-48(62-49)35-13-14-35/h15-16,26-27,30-31,34-36,42-43,48-50,62-63H,7-14,17-25,28-29,32-33H2,1-6H3,(H,61,70)/t34-,42-,43-,48+,49+,50-,58-/m0/s1. The van der Waals surface area contributed by atoms with Crippen LogP contribution in [-0.2, 0) is 53.3 Å². The largest absolute Gasteiger partial charge is 0.464 e. The van der Waals surface area contributed by atoms with Gasteiger partial charge in [-0.2, -0.15) is 0 Å². The van der Waals surface area contributed by atoms with Crippen molar-refractivity contribution < 1.29 is 33.4 Å². The molecule has 6 bridgehead atoms. The summed E-state index contributed by atoms with van der Waals surface area (Å²) in [5, 5.41) is 11.8. The Morgan fingerprint density at radius 3 is 2.49 bits per heavy atom. The van der Waals surface area contributed by atoms with Gasteiger partial charge < -0.3 is 39.0 Å². The van der Waals surface area contributed by atoms with Gasteiger partial charge in [0, 0.05) is 112 Å². The van der Waals surface area contributed by atoms with Gasteiger partial charge in [-0.05, 0) is 107 Å². The number of nitrogens with zero attached hydrogens (tertiary/aromatic N) is 8. The molecule has 412 valence electrons. The van der Waals surface area contributed by atoms with Gasteiger partial charge in [-0.25, -0.2) is 10.4 Å². The van der Waals surface area contributed by atoms with E-state index < -0.39 is 34.9 Å². The van der Waals surface area contributed by atoms with Crippen molar-refractivity contribution in [3.8, 4) is 22.5 Å². The molecule has 19 heteroatoms. The third-order valence-electron chi connectivity index (χ3n) is 18.6. The number of pyridine rings is 1. The van der Waals surface area contributed by atoms with E-state index >= 15 is 9.59 Å². The van der Waals surface area contributed by atoms with E-state index in [4.69, 9.17) is 19.4 Å². The molecule has 9 heterocycles. The number of aromatic nitrogens is 3. The number of hydrogen-bond acceptors (Lipinski definition) is 14. The Kier molecular flexibility index (Phi) is 14.0. The average Bonchev–Trinajstić information content (AvgIpc) is 4.36. The fourth-order valence-corrected chi connectivity index (χ4v) is 14.6. The van der Waals surface area contributed by atoms with Crippen molar-refractivity contribution in [2.45, 2.75) is 134 Å². The molecule has 1 aromatic carbocycles. The summed E-state index contributed by atoms with van der Waals surface area (Å²) < 4.78 is 14.5. The SMILES string of the molecule is CO[C@@H](C)c1ncc(N2CCN(C)CC2)cc1-c1c2c3cc(ccc3n1C)-c1csc(n1)C[C@H](NC(=O)[C@H](C1CCCC1)N1CC[C@]3(CCN(C(=O)[C@@H]4N[C@@H]4C4CC4)C3)C1=O)C(=O)N1CCC[C@H](N1)C(=O)OCC(C)(C)C2. The van der Waals surface area contributed by atoms with Crippen molar-refractivity contribution in [1.82, 2.24) is 50.3 Å². The number of carbonyl (C=O) groups is 5. The van der Waals surface area contributed by atoms with Crippen molar-refractivity contribution in [2.75, 3.05) is 78.0 Å². The summed E-state index contributed by atoms with van der Waals surface area (Å²) in [6.45, 7) is 11.8. The van der Waals surface area contributed by atoms with Crippen LogP contribution >= 0.6 is 11.3 Å². The molecule has 18 nitrogen and oxygen atoms in total. The van der Waals surface area contributed by atoms with Gasteiger partial charge in [0.15, 0.2) is 0 Å². The zero-order valence-electron chi connectivity index (χ0n) is 45.8. The predicted octanol–water partition coefficient (Wildman–Crippen LogP) is 5.23. The number of anilines is 1. The molecule has 5 saturated heterocycles. The minimum atomic E-state index is -1.05. The number of esters is 1. The van der Waals surface area contributed by atoms with Gasteiger partial charge in [-0.1, -0.05) is 32.8 Å². The van der Waals surface area contributed by atoms with Crippen LogP contribution in [0.25, 0.3) is 33.4 Å². The van der Waals surface area contributed by atoms with Crippen LogP contribution in [0, 0.1) is 22.7 Å². The molecule has 77 heavy (non-hydrogen) atoms. The van der Waals surface area contributed by atoms with E-state index in [1.165, 1.54) is 29.2 Å². The second kappa shape index (κ2) is 20.6. The number of aryl methyl sites for hydroxylation is 1. The topological polar surface area (TPSA) is 197 Å². The summed E-state index contributed by atoms with van der Waals surface area (Å²) in [4.78, 5) is 91.6. The number of hydrogen-bond donors (Lipinski definition) is 3. The van der Waals surface area contributed by atoms with E-state index in [9.17, 15) is 14.4 Å². The molecule has 3 aromatic heterocycles. The number of rotatable bonds is 10. The highest BCUT2D eigenvalue weighted by molar-refractivity contribution is 7.10.